The Morgan fingerprint density at radius 3 is 2.77 bits per heavy atom. The van der Waals surface area contributed by atoms with Crippen LogP contribution in [-0.4, -0.2) is 16.0 Å². The van der Waals surface area contributed by atoms with Gasteiger partial charge in [0.25, 0.3) is 0 Å². The molecule has 66 valence electrons. The minimum atomic E-state index is 0.384. The summed E-state index contributed by atoms with van der Waals surface area (Å²) in [6.45, 7) is 0. The molecule has 1 aliphatic carbocycles. The first kappa shape index (κ1) is 7.99. The minimum absolute atomic E-state index is 0.384. The number of rotatable bonds is 2. The van der Waals surface area contributed by atoms with Gasteiger partial charge in [0.1, 0.15) is 6.07 Å². The molecule has 0 aromatic carbocycles. The average Bonchev–Trinajstić information content (AvgIpc) is 2.12. The fraction of sp³-hybridized carbons (Fsp3) is 0.444. The third-order valence-corrected chi connectivity index (χ3v) is 2.25. The van der Waals surface area contributed by atoms with Crippen LogP contribution in [0.25, 0.3) is 0 Å². The highest BCUT2D eigenvalue weighted by Gasteiger charge is 2.18. The van der Waals surface area contributed by atoms with Gasteiger partial charge in [-0.15, -0.1) is 0 Å². The van der Waals surface area contributed by atoms with E-state index < -0.39 is 0 Å². The SMILES string of the molecule is N#Cc1nccnc1NC1CCC1. The van der Waals surface area contributed by atoms with Gasteiger partial charge in [-0.1, -0.05) is 0 Å². The third kappa shape index (κ3) is 1.59. The van der Waals surface area contributed by atoms with Crippen LogP contribution in [0.1, 0.15) is 25.0 Å². The van der Waals surface area contributed by atoms with Crippen molar-refractivity contribution in [2.45, 2.75) is 25.3 Å². The molecule has 1 aromatic heterocycles. The predicted octanol–water partition coefficient (Wildman–Crippen LogP) is 1.31. The van der Waals surface area contributed by atoms with Crippen molar-refractivity contribution >= 4 is 5.82 Å². The molecule has 1 aromatic rings. The van der Waals surface area contributed by atoms with Gasteiger partial charge in [-0.05, 0) is 19.3 Å². The van der Waals surface area contributed by atoms with E-state index in [9.17, 15) is 0 Å². The summed E-state index contributed by atoms with van der Waals surface area (Å²) in [5.74, 6) is 0.620. The summed E-state index contributed by atoms with van der Waals surface area (Å²) in [5.41, 5.74) is 0.384. The molecule has 13 heavy (non-hydrogen) atoms. The normalized spacial score (nSPS) is 15.9. The van der Waals surface area contributed by atoms with E-state index >= 15 is 0 Å². The van der Waals surface area contributed by atoms with E-state index in [1.54, 1.807) is 6.20 Å². The van der Waals surface area contributed by atoms with Crippen LogP contribution in [0.3, 0.4) is 0 Å². The second kappa shape index (κ2) is 3.40. The van der Waals surface area contributed by atoms with Gasteiger partial charge in [0, 0.05) is 18.4 Å². The number of hydrogen-bond acceptors (Lipinski definition) is 4. The van der Waals surface area contributed by atoms with Crippen molar-refractivity contribution < 1.29 is 0 Å². The van der Waals surface area contributed by atoms with Gasteiger partial charge in [0.05, 0.1) is 0 Å². The molecule has 1 N–H and O–H groups in total. The first-order chi connectivity index (χ1) is 6.40. The lowest BCUT2D eigenvalue weighted by atomic mass is 9.93. The smallest absolute Gasteiger partial charge is 0.182 e. The third-order valence-electron chi connectivity index (χ3n) is 2.25. The zero-order valence-electron chi connectivity index (χ0n) is 7.20. The van der Waals surface area contributed by atoms with Crippen molar-refractivity contribution in [1.82, 2.24) is 9.97 Å². The number of nitrogens with one attached hydrogen (secondary N) is 1. The van der Waals surface area contributed by atoms with E-state index in [0.29, 0.717) is 17.6 Å². The number of aromatic nitrogens is 2. The number of nitrogens with zero attached hydrogens (tertiary/aromatic N) is 3. The lowest BCUT2D eigenvalue weighted by Gasteiger charge is -2.26. The molecule has 0 spiro atoms. The summed E-state index contributed by atoms with van der Waals surface area (Å²) >= 11 is 0. The highest BCUT2D eigenvalue weighted by molar-refractivity contribution is 5.47. The molecular weight excluding hydrogens is 164 g/mol. The molecule has 0 atom stereocenters. The van der Waals surface area contributed by atoms with Crippen molar-refractivity contribution in [3.8, 4) is 6.07 Å². The second-order valence-electron chi connectivity index (χ2n) is 3.14. The van der Waals surface area contributed by atoms with Crippen molar-refractivity contribution in [3.63, 3.8) is 0 Å². The molecule has 4 nitrogen and oxygen atoms in total. The van der Waals surface area contributed by atoms with Gasteiger partial charge in [-0.3, -0.25) is 0 Å². The Kier molecular flexibility index (Phi) is 2.09. The molecule has 1 heterocycles. The lowest BCUT2D eigenvalue weighted by Crippen LogP contribution is -2.28. The van der Waals surface area contributed by atoms with Crippen LogP contribution in [0.4, 0.5) is 5.82 Å². The van der Waals surface area contributed by atoms with Crippen LogP contribution in [0.5, 0.6) is 0 Å². The summed E-state index contributed by atoms with van der Waals surface area (Å²) < 4.78 is 0. The van der Waals surface area contributed by atoms with Crippen LogP contribution >= 0.6 is 0 Å². The predicted molar refractivity (Wildman–Crippen MR) is 48.0 cm³/mol. The number of anilines is 1. The zero-order valence-corrected chi connectivity index (χ0v) is 7.20. The fourth-order valence-corrected chi connectivity index (χ4v) is 1.27. The molecule has 1 saturated carbocycles. The highest BCUT2D eigenvalue weighted by atomic mass is 15.0. The monoisotopic (exact) mass is 174 g/mol. The molecule has 2 rings (SSSR count). The first-order valence-corrected chi connectivity index (χ1v) is 4.38. The maximum Gasteiger partial charge on any atom is 0.182 e. The van der Waals surface area contributed by atoms with Crippen LogP contribution in [-0.2, 0) is 0 Å². The molecule has 0 amide bonds. The Bertz CT molecular complexity index is 338. The van der Waals surface area contributed by atoms with Gasteiger partial charge in [-0.2, -0.15) is 5.26 Å². The summed E-state index contributed by atoms with van der Waals surface area (Å²) in [4.78, 5) is 8.00. The van der Waals surface area contributed by atoms with E-state index in [1.165, 1.54) is 25.5 Å². The standard InChI is InChI=1S/C9H10N4/c10-6-8-9(12-5-4-11-8)13-7-2-1-3-7/h4-5,7H,1-3H2,(H,12,13). The largest absolute Gasteiger partial charge is 0.365 e. The summed E-state index contributed by atoms with van der Waals surface area (Å²) in [6.07, 6.45) is 6.73. The molecule has 0 saturated heterocycles. The minimum Gasteiger partial charge on any atom is -0.365 e. The van der Waals surface area contributed by atoms with Crippen LogP contribution in [0.15, 0.2) is 12.4 Å². The van der Waals surface area contributed by atoms with E-state index in [1.807, 2.05) is 6.07 Å². The van der Waals surface area contributed by atoms with Gasteiger partial charge >= 0.3 is 0 Å². The van der Waals surface area contributed by atoms with Crippen molar-refractivity contribution in [2.24, 2.45) is 0 Å². The number of hydrogen-bond donors (Lipinski definition) is 1. The molecular formula is C9H10N4. The molecule has 0 radical (unpaired) electrons. The maximum absolute atomic E-state index is 8.73. The first-order valence-electron chi connectivity index (χ1n) is 4.38. The Morgan fingerprint density at radius 1 is 1.38 bits per heavy atom. The molecule has 4 heteroatoms. The zero-order chi connectivity index (χ0) is 9.10. The van der Waals surface area contributed by atoms with Crippen LogP contribution in [0.2, 0.25) is 0 Å². The summed E-state index contributed by atoms with van der Waals surface area (Å²) in [6, 6.07) is 2.50. The van der Waals surface area contributed by atoms with Crippen LogP contribution < -0.4 is 5.32 Å². The molecule has 0 unspecified atom stereocenters. The van der Waals surface area contributed by atoms with E-state index in [-0.39, 0.29) is 0 Å². The molecule has 0 bridgehead atoms. The summed E-state index contributed by atoms with van der Waals surface area (Å²) in [5, 5.41) is 11.9. The molecule has 0 aliphatic heterocycles. The van der Waals surface area contributed by atoms with Crippen molar-refractivity contribution in [3.05, 3.63) is 18.1 Å². The van der Waals surface area contributed by atoms with Crippen molar-refractivity contribution in [1.29, 1.82) is 5.26 Å². The highest BCUT2D eigenvalue weighted by Crippen LogP contribution is 2.22. The lowest BCUT2D eigenvalue weighted by molar-refractivity contribution is 0.444. The topological polar surface area (TPSA) is 61.6 Å². The quantitative estimate of drug-likeness (QED) is 0.734. The Morgan fingerprint density at radius 2 is 2.15 bits per heavy atom. The van der Waals surface area contributed by atoms with Gasteiger partial charge in [0.2, 0.25) is 0 Å². The van der Waals surface area contributed by atoms with Crippen molar-refractivity contribution in [2.75, 3.05) is 5.32 Å². The number of nitriles is 1. The van der Waals surface area contributed by atoms with E-state index in [0.717, 1.165) is 0 Å². The van der Waals surface area contributed by atoms with E-state index in [2.05, 4.69) is 15.3 Å². The molecule has 1 fully saturated rings. The maximum atomic E-state index is 8.73. The van der Waals surface area contributed by atoms with E-state index in [4.69, 9.17) is 5.26 Å². The van der Waals surface area contributed by atoms with Gasteiger partial charge in [0.15, 0.2) is 11.5 Å². The van der Waals surface area contributed by atoms with Gasteiger partial charge < -0.3 is 5.32 Å². The molecule has 1 aliphatic rings. The second-order valence-corrected chi connectivity index (χ2v) is 3.14. The van der Waals surface area contributed by atoms with Crippen LogP contribution in [0, 0.1) is 11.3 Å². The van der Waals surface area contributed by atoms with Gasteiger partial charge in [-0.25, -0.2) is 9.97 Å². The Balaban J connectivity index is 2.14. The Labute approximate surface area is 76.6 Å². The Hall–Kier alpha value is -1.63. The average molecular weight is 174 g/mol. The fourth-order valence-electron chi connectivity index (χ4n) is 1.27. The summed E-state index contributed by atoms with van der Waals surface area (Å²) in [7, 11) is 0.